The average molecular weight is 322 g/mol. The number of amides is 2. The van der Waals surface area contributed by atoms with Gasteiger partial charge in [-0.25, -0.2) is 0 Å². The van der Waals surface area contributed by atoms with E-state index in [4.69, 9.17) is 14.2 Å². The molecule has 2 amide bonds. The molecule has 1 aliphatic rings. The molecule has 1 heterocycles. The fourth-order valence-electron chi connectivity index (χ4n) is 2.52. The van der Waals surface area contributed by atoms with Gasteiger partial charge < -0.3 is 24.4 Å². The van der Waals surface area contributed by atoms with Crippen molar-refractivity contribution in [2.45, 2.75) is 6.42 Å². The van der Waals surface area contributed by atoms with Crippen LogP contribution >= 0.6 is 0 Å². The molecule has 7 heteroatoms. The van der Waals surface area contributed by atoms with Gasteiger partial charge in [0, 0.05) is 38.4 Å². The summed E-state index contributed by atoms with van der Waals surface area (Å²) in [5.41, 5.74) is 0.607. The molecule has 0 aliphatic carbocycles. The quantitative estimate of drug-likeness (QED) is 0.814. The molecule has 0 bridgehead atoms. The van der Waals surface area contributed by atoms with E-state index >= 15 is 0 Å². The van der Waals surface area contributed by atoms with Crippen molar-refractivity contribution < 1.29 is 23.8 Å². The van der Waals surface area contributed by atoms with Gasteiger partial charge in [0.05, 0.1) is 26.7 Å². The van der Waals surface area contributed by atoms with Crippen molar-refractivity contribution in [3.63, 3.8) is 0 Å². The van der Waals surface area contributed by atoms with Crippen LogP contribution in [-0.4, -0.2) is 57.7 Å². The average Bonchev–Trinajstić information content (AvgIpc) is 2.93. The normalized spacial score (nSPS) is 17.3. The number of nitrogens with zero attached hydrogens (tertiary/aromatic N) is 1. The fourth-order valence-corrected chi connectivity index (χ4v) is 2.52. The number of carbonyl (C=O) groups excluding carboxylic acids is 2. The Morgan fingerprint density at radius 3 is 2.65 bits per heavy atom. The zero-order chi connectivity index (χ0) is 16.8. The number of hydrogen-bond acceptors (Lipinski definition) is 5. The largest absolute Gasteiger partial charge is 0.493 e. The number of anilines is 1. The van der Waals surface area contributed by atoms with E-state index in [2.05, 4.69) is 5.32 Å². The van der Waals surface area contributed by atoms with Crippen LogP contribution in [0.4, 0.5) is 5.69 Å². The molecule has 1 fully saturated rings. The van der Waals surface area contributed by atoms with E-state index in [0.717, 1.165) is 0 Å². The van der Waals surface area contributed by atoms with E-state index in [-0.39, 0.29) is 24.2 Å². The summed E-state index contributed by atoms with van der Waals surface area (Å²) in [7, 11) is 4.67. The lowest BCUT2D eigenvalue weighted by molar-refractivity contribution is -0.128. The molecule has 1 aromatic rings. The van der Waals surface area contributed by atoms with Crippen LogP contribution in [0.3, 0.4) is 0 Å². The molecule has 1 atom stereocenters. The molecule has 23 heavy (non-hydrogen) atoms. The topological polar surface area (TPSA) is 77.1 Å². The summed E-state index contributed by atoms with van der Waals surface area (Å²) in [6, 6.07) is 5.15. The van der Waals surface area contributed by atoms with Crippen LogP contribution in [0.2, 0.25) is 0 Å². The molecule has 1 unspecified atom stereocenters. The first kappa shape index (κ1) is 17.1. The van der Waals surface area contributed by atoms with Crippen molar-refractivity contribution in [3.8, 4) is 11.5 Å². The number of likely N-dealkylation sites (tertiary alicyclic amines) is 1. The van der Waals surface area contributed by atoms with E-state index in [0.29, 0.717) is 36.9 Å². The Hall–Kier alpha value is -2.28. The number of hydrogen-bond donors (Lipinski definition) is 1. The second-order valence-corrected chi connectivity index (χ2v) is 5.29. The highest BCUT2D eigenvalue weighted by Crippen LogP contribution is 2.30. The van der Waals surface area contributed by atoms with Gasteiger partial charge in [-0.3, -0.25) is 9.59 Å². The Morgan fingerprint density at radius 1 is 1.26 bits per heavy atom. The molecule has 1 N–H and O–H groups in total. The lowest BCUT2D eigenvalue weighted by Gasteiger charge is -2.16. The SMILES string of the molecule is COCCN1CC(C(=O)Nc2ccc(OC)c(OC)c2)CC1=O. The number of nitrogens with one attached hydrogen (secondary N) is 1. The first-order chi connectivity index (χ1) is 11.1. The molecule has 1 aliphatic heterocycles. The van der Waals surface area contributed by atoms with Crippen molar-refractivity contribution in [1.82, 2.24) is 4.90 Å². The highest BCUT2D eigenvalue weighted by molar-refractivity contribution is 5.97. The highest BCUT2D eigenvalue weighted by atomic mass is 16.5. The summed E-state index contributed by atoms with van der Waals surface area (Å²) in [5.74, 6) is 0.578. The predicted molar refractivity (Wildman–Crippen MR) is 84.7 cm³/mol. The third-order valence-corrected chi connectivity index (χ3v) is 3.80. The van der Waals surface area contributed by atoms with Gasteiger partial charge in [-0.05, 0) is 12.1 Å². The molecule has 0 radical (unpaired) electrons. The fraction of sp³-hybridized carbons (Fsp3) is 0.500. The Kier molecular flexibility index (Phi) is 5.81. The standard InChI is InChI=1S/C16H22N2O5/c1-21-7-6-18-10-11(8-15(18)19)16(20)17-12-4-5-13(22-2)14(9-12)23-3/h4-5,9,11H,6-8,10H2,1-3H3,(H,17,20). The summed E-state index contributed by atoms with van der Waals surface area (Å²) >= 11 is 0. The molecule has 0 saturated carbocycles. The van der Waals surface area contributed by atoms with Crippen LogP contribution in [0.5, 0.6) is 11.5 Å². The van der Waals surface area contributed by atoms with Crippen LogP contribution in [0.25, 0.3) is 0 Å². The lowest BCUT2D eigenvalue weighted by Crippen LogP contribution is -2.30. The zero-order valence-corrected chi connectivity index (χ0v) is 13.6. The van der Waals surface area contributed by atoms with Gasteiger partial charge in [-0.1, -0.05) is 0 Å². The molecule has 1 saturated heterocycles. The maximum atomic E-state index is 12.3. The first-order valence-electron chi connectivity index (χ1n) is 7.38. The smallest absolute Gasteiger partial charge is 0.229 e. The zero-order valence-electron chi connectivity index (χ0n) is 13.6. The number of carbonyl (C=O) groups is 2. The number of methoxy groups -OCH3 is 3. The van der Waals surface area contributed by atoms with Crippen molar-refractivity contribution in [1.29, 1.82) is 0 Å². The molecular weight excluding hydrogens is 300 g/mol. The molecular formula is C16H22N2O5. The Balaban J connectivity index is 1.98. The maximum absolute atomic E-state index is 12.3. The minimum Gasteiger partial charge on any atom is -0.493 e. The molecule has 1 aromatic carbocycles. The van der Waals surface area contributed by atoms with Crippen LogP contribution in [0.1, 0.15) is 6.42 Å². The summed E-state index contributed by atoms with van der Waals surface area (Å²) in [6.07, 6.45) is 0.225. The Bertz CT molecular complexity index is 576. The van der Waals surface area contributed by atoms with Crippen molar-refractivity contribution in [3.05, 3.63) is 18.2 Å². The van der Waals surface area contributed by atoms with Gasteiger partial charge in [0.2, 0.25) is 11.8 Å². The number of ether oxygens (including phenoxy) is 3. The predicted octanol–water partition coefficient (Wildman–Crippen LogP) is 1.14. The molecule has 0 aromatic heterocycles. The third kappa shape index (κ3) is 4.13. The second-order valence-electron chi connectivity index (χ2n) is 5.29. The number of benzene rings is 1. The minimum atomic E-state index is -0.354. The summed E-state index contributed by atoms with van der Waals surface area (Å²) in [6.45, 7) is 1.40. The highest BCUT2D eigenvalue weighted by Gasteiger charge is 2.34. The first-order valence-corrected chi connectivity index (χ1v) is 7.38. The van der Waals surface area contributed by atoms with Crippen molar-refractivity contribution in [2.75, 3.05) is 46.3 Å². The van der Waals surface area contributed by atoms with Gasteiger partial charge in [0.1, 0.15) is 0 Å². The van der Waals surface area contributed by atoms with Gasteiger partial charge >= 0.3 is 0 Å². The summed E-state index contributed by atoms with van der Waals surface area (Å²) < 4.78 is 15.3. The second kappa shape index (κ2) is 7.82. The lowest BCUT2D eigenvalue weighted by atomic mass is 10.1. The number of rotatable bonds is 7. The van der Waals surface area contributed by atoms with Gasteiger partial charge in [0.15, 0.2) is 11.5 Å². The van der Waals surface area contributed by atoms with Crippen LogP contribution < -0.4 is 14.8 Å². The van der Waals surface area contributed by atoms with Crippen LogP contribution in [0.15, 0.2) is 18.2 Å². The minimum absolute atomic E-state index is 0.0190. The van der Waals surface area contributed by atoms with Crippen LogP contribution in [0, 0.1) is 5.92 Å². The summed E-state index contributed by atoms with van der Waals surface area (Å²) in [4.78, 5) is 25.9. The Morgan fingerprint density at radius 2 is 2.00 bits per heavy atom. The van der Waals surface area contributed by atoms with Crippen LogP contribution in [-0.2, 0) is 14.3 Å². The van der Waals surface area contributed by atoms with E-state index in [1.165, 1.54) is 7.11 Å². The monoisotopic (exact) mass is 322 g/mol. The molecule has 0 spiro atoms. The molecule has 126 valence electrons. The van der Waals surface area contributed by atoms with E-state index in [1.54, 1.807) is 37.3 Å². The van der Waals surface area contributed by atoms with Crippen molar-refractivity contribution >= 4 is 17.5 Å². The van der Waals surface area contributed by atoms with E-state index in [1.807, 2.05) is 0 Å². The van der Waals surface area contributed by atoms with Gasteiger partial charge in [-0.15, -0.1) is 0 Å². The molecule has 2 rings (SSSR count). The van der Waals surface area contributed by atoms with E-state index < -0.39 is 0 Å². The molecule has 7 nitrogen and oxygen atoms in total. The van der Waals surface area contributed by atoms with E-state index in [9.17, 15) is 9.59 Å². The third-order valence-electron chi connectivity index (χ3n) is 3.80. The van der Waals surface area contributed by atoms with Crippen molar-refractivity contribution in [2.24, 2.45) is 5.92 Å². The maximum Gasteiger partial charge on any atom is 0.229 e. The van der Waals surface area contributed by atoms with Gasteiger partial charge in [-0.2, -0.15) is 0 Å². The van der Waals surface area contributed by atoms with Gasteiger partial charge in [0.25, 0.3) is 0 Å². The summed E-state index contributed by atoms with van der Waals surface area (Å²) in [5, 5.41) is 2.82. The Labute approximate surface area is 135 Å².